The molecule has 0 bridgehead atoms. The van der Waals surface area contributed by atoms with Crippen molar-refractivity contribution < 1.29 is 27.5 Å². The maximum absolute atomic E-state index is 13.0. The molecule has 0 spiro atoms. The summed E-state index contributed by atoms with van der Waals surface area (Å²) in [4.78, 5) is 30.6. The number of carbonyl (C=O) groups excluding carboxylic acids is 2. The number of benzene rings is 2. The van der Waals surface area contributed by atoms with Crippen LogP contribution in [-0.2, 0) is 16.9 Å². The summed E-state index contributed by atoms with van der Waals surface area (Å²) < 4.78 is 34.6. The van der Waals surface area contributed by atoms with Gasteiger partial charge in [0.1, 0.15) is 17.8 Å². The fraction of sp³-hybridized carbons (Fsp3) is 0.190. The van der Waals surface area contributed by atoms with Crippen LogP contribution in [0.15, 0.2) is 65.2 Å². The Bertz CT molecular complexity index is 1070. The van der Waals surface area contributed by atoms with E-state index in [1.165, 1.54) is 30.5 Å². The van der Waals surface area contributed by atoms with Gasteiger partial charge in [0.15, 0.2) is 5.76 Å². The van der Waals surface area contributed by atoms with Crippen molar-refractivity contribution >= 4 is 11.9 Å². The summed E-state index contributed by atoms with van der Waals surface area (Å²) in [6, 6.07) is 14.2. The SMILES string of the molecule is C[C@]1(c2ccc(OC(F)F)cc2)NC(=O)N(Cc2ncc(-c3ccccc3)o2)C1=O. The molecule has 2 aromatic carbocycles. The molecule has 0 unspecified atom stereocenters. The summed E-state index contributed by atoms with van der Waals surface area (Å²) in [5.74, 6) is 0.186. The fourth-order valence-electron chi connectivity index (χ4n) is 3.26. The molecule has 1 aromatic heterocycles. The number of hydrogen-bond donors (Lipinski definition) is 1. The van der Waals surface area contributed by atoms with Gasteiger partial charge in [0.2, 0.25) is 5.89 Å². The molecule has 0 aliphatic carbocycles. The van der Waals surface area contributed by atoms with Gasteiger partial charge in [-0.25, -0.2) is 9.78 Å². The number of alkyl halides is 2. The molecule has 4 rings (SSSR count). The summed E-state index contributed by atoms with van der Waals surface area (Å²) in [6.45, 7) is -1.54. The van der Waals surface area contributed by atoms with E-state index in [9.17, 15) is 18.4 Å². The van der Waals surface area contributed by atoms with Crippen molar-refractivity contribution in [2.45, 2.75) is 25.6 Å². The second kappa shape index (κ2) is 7.58. The van der Waals surface area contributed by atoms with Crippen LogP contribution >= 0.6 is 0 Å². The molecule has 1 N–H and O–H groups in total. The molecule has 1 saturated heterocycles. The Kier molecular flexibility index (Phi) is 4.94. The van der Waals surface area contributed by atoms with E-state index in [0.29, 0.717) is 11.3 Å². The number of oxazole rings is 1. The normalized spacial score (nSPS) is 18.7. The lowest BCUT2D eigenvalue weighted by molar-refractivity contribution is -0.131. The average molecular weight is 413 g/mol. The van der Waals surface area contributed by atoms with Gasteiger partial charge in [-0.3, -0.25) is 9.69 Å². The predicted octanol–water partition coefficient (Wildman–Crippen LogP) is 3.91. The number of amides is 3. The minimum Gasteiger partial charge on any atom is -0.439 e. The number of hydrogen-bond acceptors (Lipinski definition) is 5. The Balaban J connectivity index is 1.52. The molecule has 1 aliphatic rings. The van der Waals surface area contributed by atoms with Gasteiger partial charge in [0.25, 0.3) is 5.91 Å². The zero-order valence-corrected chi connectivity index (χ0v) is 15.8. The Morgan fingerprint density at radius 1 is 1.13 bits per heavy atom. The van der Waals surface area contributed by atoms with Crippen molar-refractivity contribution in [2.75, 3.05) is 0 Å². The van der Waals surface area contributed by atoms with Gasteiger partial charge >= 0.3 is 12.6 Å². The molecule has 1 fully saturated rings. The number of carbonyl (C=O) groups is 2. The predicted molar refractivity (Wildman–Crippen MR) is 101 cm³/mol. The molecule has 3 amide bonds. The lowest BCUT2D eigenvalue weighted by atomic mass is 9.92. The summed E-state index contributed by atoms with van der Waals surface area (Å²) >= 11 is 0. The maximum Gasteiger partial charge on any atom is 0.387 e. The van der Waals surface area contributed by atoms with Gasteiger partial charge in [-0.1, -0.05) is 42.5 Å². The number of nitrogens with one attached hydrogen (secondary N) is 1. The third-order valence-electron chi connectivity index (χ3n) is 4.84. The number of aromatic nitrogens is 1. The van der Waals surface area contributed by atoms with E-state index >= 15 is 0 Å². The lowest BCUT2D eigenvalue weighted by Crippen LogP contribution is -2.40. The first-order valence-electron chi connectivity index (χ1n) is 9.06. The van der Waals surface area contributed by atoms with E-state index in [1.54, 1.807) is 6.92 Å². The standard InChI is InChI=1S/C21H17F2N3O4/c1-21(14-7-9-15(10-8-14)29-19(22)23)18(27)26(20(28)25-21)12-17-24-11-16(30-17)13-5-3-2-4-6-13/h2-11,19H,12H2,1H3,(H,25,28)/t21-/m1/s1. The van der Waals surface area contributed by atoms with Crippen LogP contribution in [0.4, 0.5) is 13.6 Å². The summed E-state index contributed by atoms with van der Waals surface area (Å²) in [7, 11) is 0. The van der Waals surface area contributed by atoms with Crippen LogP contribution in [0.25, 0.3) is 11.3 Å². The molecule has 30 heavy (non-hydrogen) atoms. The molecular weight excluding hydrogens is 396 g/mol. The van der Waals surface area contributed by atoms with Gasteiger partial charge in [-0.05, 0) is 24.6 Å². The first-order valence-corrected chi connectivity index (χ1v) is 9.06. The minimum absolute atomic E-state index is 0.0424. The average Bonchev–Trinajstić information content (AvgIpc) is 3.28. The van der Waals surface area contributed by atoms with Crippen molar-refractivity contribution in [3.63, 3.8) is 0 Å². The Morgan fingerprint density at radius 2 is 1.83 bits per heavy atom. The molecule has 3 aromatic rings. The van der Waals surface area contributed by atoms with Crippen molar-refractivity contribution in [3.8, 4) is 17.1 Å². The van der Waals surface area contributed by atoms with Crippen molar-refractivity contribution in [1.82, 2.24) is 15.2 Å². The summed E-state index contributed by atoms with van der Waals surface area (Å²) in [5.41, 5.74) is -0.0956. The van der Waals surface area contributed by atoms with Crippen molar-refractivity contribution in [1.29, 1.82) is 0 Å². The number of halogens is 2. The molecule has 0 radical (unpaired) electrons. The van der Waals surface area contributed by atoms with Gasteiger partial charge in [0, 0.05) is 5.56 Å². The quantitative estimate of drug-likeness (QED) is 0.620. The molecule has 1 atom stereocenters. The van der Waals surface area contributed by atoms with Gasteiger partial charge in [-0.15, -0.1) is 0 Å². The van der Waals surface area contributed by atoms with E-state index in [2.05, 4.69) is 15.0 Å². The zero-order chi connectivity index (χ0) is 21.3. The van der Waals surface area contributed by atoms with Crippen LogP contribution in [0.5, 0.6) is 5.75 Å². The maximum atomic E-state index is 13.0. The second-order valence-corrected chi connectivity index (χ2v) is 6.83. The van der Waals surface area contributed by atoms with Gasteiger partial charge < -0.3 is 14.5 Å². The third kappa shape index (κ3) is 3.61. The van der Waals surface area contributed by atoms with E-state index in [4.69, 9.17) is 4.42 Å². The Hall–Kier alpha value is -3.75. The summed E-state index contributed by atoms with van der Waals surface area (Å²) in [5, 5.41) is 2.64. The topological polar surface area (TPSA) is 84.7 Å². The minimum atomic E-state index is -2.95. The highest BCUT2D eigenvalue weighted by atomic mass is 19.3. The van der Waals surface area contributed by atoms with Crippen LogP contribution in [0.1, 0.15) is 18.4 Å². The van der Waals surface area contributed by atoms with Crippen LogP contribution in [0.2, 0.25) is 0 Å². The first kappa shape index (κ1) is 19.6. The van der Waals surface area contributed by atoms with Gasteiger partial charge in [0.05, 0.1) is 6.20 Å². The smallest absolute Gasteiger partial charge is 0.387 e. The number of rotatable bonds is 6. The van der Waals surface area contributed by atoms with Crippen LogP contribution in [-0.4, -0.2) is 28.4 Å². The Labute approximate surface area is 170 Å². The molecule has 2 heterocycles. The highest BCUT2D eigenvalue weighted by Crippen LogP contribution is 2.31. The summed E-state index contributed by atoms with van der Waals surface area (Å²) in [6.07, 6.45) is 1.53. The van der Waals surface area contributed by atoms with Crippen LogP contribution < -0.4 is 10.1 Å². The zero-order valence-electron chi connectivity index (χ0n) is 15.8. The second-order valence-electron chi connectivity index (χ2n) is 6.83. The molecule has 154 valence electrons. The largest absolute Gasteiger partial charge is 0.439 e. The van der Waals surface area contributed by atoms with E-state index in [-0.39, 0.29) is 18.2 Å². The fourth-order valence-corrected chi connectivity index (χ4v) is 3.26. The van der Waals surface area contributed by atoms with E-state index in [1.807, 2.05) is 30.3 Å². The number of nitrogens with zero attached hydrogens (tertiary/aromatic N) is 2. The number of imide groups is 1. The van der Waals surface area contributed by atoms with Crippen LogP contribution in [0.3, 0.4) is 0 Å². The van der Waals surface area contributed by atoms with E-state index in [0.717, 1.165) is 10.5 Å². The molecule has 1 aliphatic heterocycles. The van der Waals surface area contributed by atoms with Crippen molar-refractivity contribution in [2.24, 2.45) is 0 Å². The highest BCUT2D eigenvalue weighted by molar-refractivity contribution is 6.07. The molecular formula is C21H17F2N3O4. The Morgan fingerprint density at radius 3 is 2.50 bits per heavy atom. The van der Waals surface area contributed by atoms with Gasteiger partial charge in [-0.2, -0.15) is 8.78 Å². The number of ether oxygens (including phenoxy) is 1. The third-order valence-corrected chi connectivity index (χ3v) is 4.84. The molecule has 0 saturated carbocycles. The highest BCUT2D eigenvalue weighted by Gasteiger charge is 2.49. The molecule has 9 heteroatoms. The van der Waals surface area contributed by atoms with Crippen LogP contribution in [0, 0.1) is 0 Å². The number of urea groups is 1. The monoisotopic (exact) mass is 413 g/mol. The first-order chi connectivity index (χ1) is 14.4. The van der Waals surface area contributed by atoms with E-state index < -0.39 is 24.1 Å². The lowest BCUT2D eigenvalue weighted by Gasteiger charge is -2.22. The molecule has 7 nitrogen and oxygen atoms in total. The van der Waals surface area contributed by atoms with Crippen molar-refractivity contribution in [3.05, 3.63) is 72.2 Å².